The van der Waals surface area contributed by atoms with E-state index in [1.807, 2.05) is 24.4 Å². The standard InChI is InChI=1S/C16H17NO/c18-16(11-13-5-4-10-17-12-13)9-3-7-14-6-1-2-8-15(14)16/h1-2,4-6,8,10,12,18H,3,7,9,11H2. The molecule has 1 heterocycles. The molecule has 0 amide bonds. The summed E-state index contributed by atoms with van der Waals surface area (Å²) >= 11 is 0. The zero-order chi connectivity index (χ0) is 12.4. The average Bonchev–Trinajstić information content (AvgIpc) is 2.40. The van der Waals surface area contributed by atoms with Crippen molar-refractivity contribution in [3.63, 3.8) is 0 Å². The monoisotopic (exact) mass is 239 g/mol. The molecule has 92 valence electrons. The van der Waals surface area contributed by atoms with Crippen LogP contribution in [-0.2, 0) is 18.4 Å². The predicted octanol–water partition coefficient (Wildman–Crippen LogP) is 2.85. The molecule has 0 radical (unpaired) electrons. The summed E-state index contributed by atoms with van der Waals surface area (Å²) in [6.45, 7) is 0. The molecule has 0 aliphatic heterocycles. The number of hydrogen-bond donors (Lipinski definition) is 1. The minimum absolute atomic E-state index is 0.651. The number of rotatable bonds is 2. The average molecular weight is 239 g/mol. The van der Waals surface area contributed by atoms with Gasteiger partial charge in [-0.25, -0.2) is 0 Å². The first-order chi connectivity index (χ1) is 8.78. The van der Waals surface area contributed by atoms with Gasteiger partial charge in [-0.2, -0.15) is 0 Å². The van der Waals surface area contributed by atoms with Crippen LogP contribution in [0.5, 0.6) is 0 Å². The van der Waals surface area contributed by atoms with Crippen molar-refractivity contribution >= 4 is 0 Å². The number of fused-ring (bicyclic) bond motifs is 1. The van der Waals surface area contributed by atoms with Crippen LogP contribution in [0.4, 0.5) is 0 Å². The fourth-order valence-corrected chi connectivity index (χ4v) is 2.92. The summed E-state index contributed by atoms with van der Waals surface area (Å²) in [7, 11) is 0. The molecule has 18 heavy (non-hydrogen) atoms. The van der Waals surface area contributed by atoms with E-state index in [2.05, 4.69) is 23.2 Å². The Labute approximate surface area is 107 Å². The molecular formula is C16H17NO. The van der Waals surface area contributed by atoms with Crippen molar-refractivity contribution < 1.29 is 5.11 Å². The Morgan fingerprint density at radius 1 is 1.17 bits per heavy atom. The number of aryl methyl sites for hydroxylation is 1. The van der Waals surface area contributed by atoms with Crippen molar-refractivity contribution in [2.45, 2.75) is 31.3 Å². The smallest absolute Gasteiger partial charge is 0.0940 e. The molecule has 1 aromatic heterocycles. The molecule has 1 atom stereocenters. The van der Waals surface area contributed by atoms with Crippen molar-refractivity contribution in [1.82, 2.24) is 4.98 Å². The SMILES string of the molecule is OC1(Cc2cccnc2)CCCc2ccccc21. The van der Waals surface area contributed by atoms with Crippen LogP contribution in [0.25, 0.3) is 0 Å². The van der Waals surface area contributed by atoms with E-state index in [4.69, 9.17) is 0 Å². The van der Waals surface area contributed by atoms with Gasteiger partial charge in [0.15, 0.2) is 0 Å². The number of benzene rings is 1. The summed E-state index contributed by atoms with van der Waals surface area (Å²) in [5.41, 5.74) is 2.75. The zero-order valence-corrected chi connectivity index (χ0v) is 10.3. The molecule has 2 aromatic rings. The molecular weight excluding hydrogens is 222 g/mol. The van der Waals surface area contributed by atoms with Gasteiger partial charge >= 0.3 is 0 Å². The maximum atomic E-state index is 10.9. The van der Waals surface area contributed by atoms with E-state index in [0.29, 0.717) is 6.42 Å². The normalized spacial score (nSPS) is 22.5. The molecule has 1 unspecified atom stereocenters. The third-order valence-corrected chi connectivity index (χ3v) is 3.77. The third-order valence-electron chi connectivity index (χ3n) is 3.77. The summed E-state index contributed by atoms with van der Waals surface area (Å²) in [6.07, 6.45) is 7.22. The lowest BCUT2D eigenvalue weighted by Crippen LogP contribution is -2.33. The van der Waals surface area contributed by atoms with Gasteiger partial charge in [0.1, 0.15) is 0 Å². The molecule has 0 saturated carbocycles. The number of aliphatic hydroxyl groups is 1. The van der Waals surface area contributed by atoms with Gasteiger partial charge in [-0.05, 0) is 42.0 Å². The second kappa shape index (κ2) is 4.54. The Morgan fingerprint density at radius 3 is 2.89 bits per heavy atom. The predicted molar refractivity (Wildman–Crippen MR) is 71.2 cm³/mol. The van der Waals surface area contributed by atoms with E-state index >= 15 is 0 Å². The maximum Gasteiger partial charge on any atom is 0.0940 e. The fraction of sp³-hybridized carbons (Fsp3) is 0.312. The van der Waals surface area contributed by atoms with Gasteiger partial charge in [-0.1, -0.05) is 30.3 Å². The van der Waals surface area contributed by atoms with E-state index in [0.717, 1.165) is 30.4 Å². The Bertz CT molecular complexity index is 538. The lowest BCUT2D eigenvalue weighted by atomic mass is 9.76. The Morgan fingerprint density at radius 2 is 2.06 bits per heavy atom. The molecule has 0 bridgehead atoms. The Balaban J connectivity index is 1.96. The number of hydrogen-bond acceptors (Lipinski definition) is 2. The summed E-state index contributed by atoms with van der Waals surface area (Å²) < 4.78 is 0. The molecule has 1 aliphatic carbocycles. The van der Waals surface area contributed by atoms with Gasteiger partial charge in [0.25, 0.3) is 0 Å². The minimum atomic E-state index is -0.724. The van der Waals surface area contributed by atoms with Crippen LogP contribution in [-0.4, -0.2) is 10.1 Å². The van der Waals surface area contributed by atoms with Crippen LogP contribution in [0.2, 0.25) is 0 Å². The number of nitrogens with zero attached hydrogens (tertiary/aromatic N) is 1. The summed E-state index contributed by atoms with van der Waals surface area (Å²) in [6, 6.07) is 12.2. The van der Waals surface area contributed by atoms with Crippen LogP contribution >= 0.6 is 0 Å². The Kier molecular flexibility index (Phi) is 2.88. The number of pyridine rings is 1. The topological polar surface area (TPSA) is 33.1 Å². The van der Waals surface area contributed by atoms with Crippen molar-refractivity contribution in [2.75, 3.05) is 0 Å². The van der Waals surface area contributed by atoms with E-state index < -0.39 is 5.60 Å². The van der Waals surface area contributed by atoms with Crippen LogP contribution in [0, 0.1) is 0 Å². The fourth-order valence-electron chi connectivity index (χ4n) is 2.92. The first-order valence-corrected chi connectivity index (χ1v) is 6.48. The van der Waals surface area contributed by atoms with Crippen molar-refractivity contribution in [3.05, 3.63) is 65.5 Å². The molecule has 1 aliphatic rings. The first-order valence-electron chi connectivity index (χ1n) is 6.48. The van der Waals surface area contributed by atoms with E-state index in [1.165, 1.54) is 5.56 Å². The van der Waals surface area contributed by atoms with Gasteiger partial charge in [0.2, 0.25) is 0 Å². The van der Waals surface area contributed by atoms with Crippen LogP contribution in [0.15, 0.2) is 48.8 Å². The lowest BCUT2D eigenvalue weighted by Gasteiger charge is -2.34. The highest BCUT2D eigenvalue weighted by molar-refractivity contribution is 5.36. The highest BCUT2D eigenvalue weighted by Gasteiger charge is 2.34. The van der Waals surface area contributed by atoms with Crippen LogP contribution in [0.3, 0.4) is 0 Å². The third kappa shape index (κ3) is 2.04. The van der Waals surface area contributed by atoms with Gasteiger partial charge < -0.3 is 5.11 Å². The summed E-state index contributed by atoms with van der Waals surface area (Å²) in [4.78, 5) is 4.13. The van der Waals surface area contributed by atoms with Crippen LogP contribution < -0.4 is 0 Å². The second-order valence-electron chi connectivity index (χ2n) is 5.08. The zero-order valence-electron chi connectivity index (χ0n) is 10.3. The molecule has 2 heteroatoms. The van der Waals surface area contributed by atoms with Gasteiger partial charge in [0, 0.05) is 18.8 Å². The van der Waals surface area contributed by atoms with E-state index in [-0.39, 0.29) is 0 Å². The van der Waals surface area contributed by atoms with Crippen molar-refractivity contribution in [3.8, 4) is 0 Å². The molecule has 0 saturated heterocycles. The first kappa shape index (κ1) is 11.4. The van der Waals surface area contributed by atoms with Gasteiger partial charge in [0.05, 0.1) is 5.60 Å². The van der Waals surface area contributed by atoms with E-state index in [1.54, 1.807) is 6.20 Å². The largest absolute Gasteiger partial charge is 0.385 e. The summed E-state index contributed by atoms with van der Waals surface area (Å²) in [5, 5.41) is 10.9. The molecule has 0 fully saturated rings. The molecule has 0 spiro atoms. The number of aromatic nitrogens is 1. The summed E-state index contributed by atoms with van der Waals surface area (Å²) in [5.74, 6) is 0. The van der Waals surface area contributed by atoms with Crippen molar-refractivity contribution in [2.24, 2.45) is 0 Å². The lowest BCUT2D eigenvalue weighted by molar-refractivity contribution is 0.0190. The minimum Gasteiger partial charge on any atom is -0.385 e. The Hall–Kier alpha value is -1.67. The van der Waals surface area contributed by atoms with Gasteiger partial charge in [-0.3, -0.25) is 4.98 Å². The van der Waals surface area contributed by atoms with Crippen molar-refractivity contribution in [1.29, 1.82) is 0 Å². The second-order valence-corrected chi connectivity index (χ2v) is 5.08. The molecule has 1 N–H and O–H groups in total. The quantitative estimate of drug-likeness (QED) is 0.874. The van der Waals surface area contributed by atoms with E-state index in [9.17, 15) is 5.11 Å². The molecule has 1 aromatic carbocycles. The van der Waals surface area contributed by atoms with Crippen LogP contribution in [0.1, 0.15) is 29.5 Å². The highest BCUT2D eigenvalue weighted by atomic mass is 16.3. The highest BCUT2D eigenvalue weighted by Crippen LogP contribution is 2.37. The molecule has 2 nitrogen and oxygen atoms in total. The maximum absolute atomic E-state index is 10.9. The van der Waals surface area contributed by atoms with Gasteiger partial charge in [-0.15, -0.1) is 0 Å². The molecule has 3 rings (SSSR count).